The molecule has 0 amide bonds. The largest absolute Gasteiger partial charge is 0.381 e. The van der Waals surface area contributed by atoms with Gasteiger partial charge in [-0.25, -0.2) is 4.21 Å². The van der Waals surface area contributed by atoms with Crippen LogP contribution in [-0.4, -0.2) is 27.9 Å². The van der Waals surface area contributed by atoms with Gasteiger partial charge in [-0.1, -0.05) is 22.0 Å². The van der Waals surface area contributed by atoms with E-state index in [9.17, 15) is 4.21 Å². The summed E-state index contributed by atoms with van der Waals surface area (Å²) < 4.78 is 23.8. The number of nitrogens with zero attached hydrogens (tertiary/aromatic N) is 1. The lowest BCUT2D eigenvalue weighted by atomic mass is 9.70. The predicted molar refractivity (Wildman–Crippen MR) is 104 cm³/mol. The van der Waals surface area contributed by atoms with Gasteiger partial charge in [0.1, 0.15) is 11.0 Å². The van der Waals surface area contributed by atoms with Crippen LogP contribution in [0.1, 0.15) is 57.6 Å². The first-order valence-electron chi connectivity index (χ1n) is 8.58. The molecule has 0 N–H and O–H groups in total. The third-order valence-electron chi connectivity index (χ3n) is 5.28. The molecular weight excluding hydrogens is 386 g/mol. The number of ether oxygens (including phenoxy) is 1. The second-order valence-electron chi connectivity index (χ2n) is 8.00. The van der Waals surface area contributed by atoms with Crippen LogP contribution < -0.4 is 0 Å². The number of benzene rings is 1. The van der Waals surface area contributed by atoms with Gasteiger partial charge in [-0.3, -0.25) is 0 Å². The molecule has 0 aromatic heterocycles. The quantitative estimate of drug-likeness (QED) is 0.698. The lowest BCUT2D eigenvalue weighted by molar-refractivity contribution is 0.0468. The standard InChI is InChI=1S/C19H26BrNO2S/c1-18(2,3)24(22)21-17-16-11-14(20)6-5-13(16)12-19(17)9-7-15(23-4)8-10-19/h5-6,11,15H,7-10,12H2,1-4H3/t15?,19?,24-/m1/s1. The number of methoxy groups -OCH3 is 1. The predicted octanol–water partition coefficient (Wildman–Crippen LogP) is 4.83. The first-order chi connectivity index (χ1) is 11.2. The van der Waals surface area contributed by atoms with Crippen molar-refractivity contribution in [3.63, 3.8) is 0 Å². The second-order valence-corrected chi connectivity index (χ2v) is 10.8. The highest BCUT2D eigenvalue weighted by Gasteiger charge is 2.46. The molecule has 2 aliphatic rings. The van der Waals surface area contributed by atoms with Crippen molar-refractivity contribution in [2.45, 2.75) is 63.7 Å². The Hall–Kier alpha value is -0.520. The van der Waals surface area contributed by atoms with E-state index in [1.165, 1.54) is 11.1 Å². The number of hydrogen-bond acceptors (Lipinski definition) is 2. The molecule has 0 heterocycles. The minimum atomic E-state index is -1.24. The van der Waals surface area contributed by atoms with Crippen molar-refractivity contribution in [3.05, 3.63) is 33.8 Å². The monoisotopic (exact) mass is 411 g/mol. The van der Waals surface area contributed by atoms with E-state index < -0.39 is 11.0 Å². The molecule has 3 rings (SSSR count). The second kappa shape index (κ2) is 6.65. The molecule has 5 heteroatoms. The van der Waals surface area contributed by atoms with Crippen LogP contribution in [0.15, 0.2) is 27.1 Å². The zero-order chi connectivity index (χ0) is 17.5. The van der Waals surface area contributed by atoms with Gasteiger partial charge in [-0.05, 0) is 70.6 Å². The van der Waals surface area contributed by atoms with Crippen molar-refractivity contribution < 1.29 is 8.95 Å². The summed E-state index contributed by atoms with van der Waals surface area (Å²) in [7, 11) is 0.561. The average Bonchev–Trinajstić information content (AvgIpc) is 2.81. The topological polar surface area (TPSA) is 38.7 Å². The van der Waals surface area contributed by atoms with Crippen molar-refractivity contribution in [1.82, 2.24) is 0 Å². The van der Waals surface area contributed by atoms with Gasteiger partial charge in [0.05, 0.1) is 16.6 Å². The van der Waals surface area contributed by atoms with Gasteiger partial charge in [0, 0.05) is 22.6 Å². The van der Waals surface area contributed by atoms with Gasteiger partial charge in [-0.2, -0.15) is 4.40 Å². The Morgan fingerprint density at radius 1 is 1.29 bits per heavy atom. The van der Waals surface area contributed by atoms with E-state index in [1.807, 2.05) is 20.8 Å². The molecule has 1 atom stereocenters. The van der Waals surface area contributed by atoms with Crippen LogP contribution in [0.4, 0.5) is 0 Å². The molecule has 1 spiro atoms. The summed E-state index contributed by atoms with van der Waals surface area (Å²) in [5, 5.41) is 0. The zero-order valence-electron chi connectivity index (χ0n) is 14.9. The van der Waals surface area contributed by atoms with Gasteiger partial charge >= 0.3 is 0 Å². The number of rotatable bonds is 2. The zero-order valence-corrected chi connectivity index (χ0v) is 17.3. The van der Waals surface area contributed by atoms with Crippen LogP contribution >= 0.6 is 15.9 Å². The molecule has 2 aliphatic carbocycles. The molecule has 132 valence electrons. The molecule has 1 aromatic carbocycles. The molecule has 3 nitrogen and oxygen atoms in total. The third kappa shape index (κ3) is 3.40. The Morgan fingerprint density at radius 3 is 2.54 bits per heavy atom. The summed E-state index contributed by atoms with van der Waals surface area (Å²) in [5.74, 6) is 0. The molecule has 0 saturated heterocycles. The Kier molecular flexibility index (Phi) is 5.07. The highest BCUT2D eigenvalue weighted by Crippen LogP contribution is 2.49. The normalized spacial score (nSPS) is 29.9. The summed E-state index contributed by atoms with van der Waals surface area (Å²) in [6.07, 6.45) is 5.56. The van der Waals surface area contributed by atoms with Crippen LogP contribution in [0.3, 0.4) is 0 Å². The van der Waals surface area contributed by atoms with Crippen molar-refractivity contribution in [3.8, 4) is 0 Å². The molecule has 1 saturated carbocycles. The van der Waals surface area contributed by atoms with Crippen molar-refractivity contribution >= 4 is 32.6 Å². The van der Waals surface area contributed by atoms with E-state index in [-0.39, 0.29) is 10.2 Å². The molecule has 1 fully saturated rings. The van der Waals surface area contributed by atoms with E-state index in [1.54, 1.807) is 7.11 Å². The molecule has 1 aromatic rings. The van der Waals surface area contributed by atoms with Gasteiger partial charge in [-0.15, -0.1) is 0 Å². The van der Waals surface area contributed by atoms with E-state index >= 15 is 0 Å². The molecular formula is C19H26BrNO2S. The van der Waals surface area contributed by atoms with E-state index in [2.05, 4.69) is 34.1 Å². The highest BCUT2D eigenvalue weighted by molar-refractivity contribution is 9.10. The number of hydrogen-bond donors (Lipinski definition) is 0. The molecule has 24 heavy (non-hydrogen) atoms. The minimum absolute atomic E-state index is 0.0269. The van der Waals surface area contributed by atoms with Crippen molar-refractivity contribution in [2.24, 2.45) is 9.81 Å². The number of halogens is 1. The Bertz CT molecular complexity index is 685. The van der Waals surface area contributed by atoms with Crippen molar-refractivity contribution in [2.75, 3.05) is 7.11 Å². The van der Waals surface area contributed by atoms with Gasteiger partial charge < -0.3 is 4.74 Å². The molecule has 0 bridgehead atoms. The fourth-order valence-electron chi connectivity index (χ4n) is 3.82. The summed E-state index contributed by atoms with van der Waals surface area (Å²) in [4.78, 5) is 0. The maximum absolute atomic E-state index is 12.7. The summed E-state index contributed by atoms with van der Waals surface area (Å²) >= 11 is 3.58. The Labute approximate surface area is 156 Å². The van der Waals surface area contributed by atoms with E-state index in [0.29, 0.717) is 6.10 Å². The van der Waals surface area contributed by atoms with Gasteiger partial charge in [0.25, 0.3) is 0 Å². The number of fused-ring (bicyclic) bond motifs is 1. The van der Waals surface area contributed by atoms with Gasteiger partial charge in [0.15, 0.2) is 0 Å². The summed E-state index contributed by atoms with van der Waals surface area (Å²) in [5.41, 5.74) is 3.59. The van der Waals surface area contributed by atoms with Crippen LogP contribution in [0.25, 0.3) is 0 Å². The Morgan fingerprint density at radius 2 is 1.96 bits per heavy atom. The SMILES string of the molecule is COC1CCC2(CC1)Cc1ccc(Br)cc1C2=N[S@](=O)C(C)(C)C. The highest BCUT2D eigenvalue weighted by atomic mass is 79.9. The maximum atomic E-state index is 12.7. The lowest BCUT2D eigenvalue weighted by Gasteiger charge is -2.37. The first-order valence-corrected chi connectivity index (χ1v) is 10.5. The molecule has 0 aliphatic heterocycles. The van der Waals surface area contributed by atoms with E-state index in [0.717, 1.165) is 42.3 Å². The van der Waals surface area contributed by atoms with Crippen molar-refractivity contribution in [1.29, 1.82) is 0 Å². The third-order valence-corrected chi connectivity index (χ3v) is 7.17. The van der Waals surface area contributed by atoms with Crippen LogP contribution in [0.5, 0.6) is 0 Å². The summed E-state index contributed by atoms with van der Waals surface area (Å²) in [6, 6.07) is 6.42. The molecule has 0 radical (unpaired) electrons. The fraction of sp³-hybridized carbons (Fsp3) is 0.632. The molecule has 0 unspecified atom stereocenters. The lowest BCUT2D eigenvalue weighted by Crippen LogP contribution is -2.36. The maximum Gasteiger partial charge on any atom is 0.145 e. The fourth-order valence-corrected chi connectivity index (χ4v) is 4.91. The van der Waals surface area contributed by atoms with Gasteiger partial charge in [0.2, 0.25) is 0 Å². The average molecular weight is 412 g/mol. The first kappa shape index (κ1) is 18.3. The van der Waals surface area contributed by atoms with Crippen LogP contribution in [0.2, 0.25) is 0 Å². The smallest absolute Gasteiger partial charge is 0.145 e. The Balaban J connectivity index is 2.04. The summed E-state index contributed by atoms with van der Waals surface area (Å²) in [6.45, 7) is 5.95. The van der Waals surface area contributed by atoms with E-state index in [4.69, 9.17) is 9.13 Å². The van der Waals surface area contributed by atoms with Crippen LogP contribution in [0, 0.1) is 5.41 Å². The van der Waals surface area contributed by atoms with Crippen LogP contribution in [-0.2, 0) is 22.1 Å². The minimum Gasteiger partial charge on any atom is -0.381 e.